The van der Waals surface area contributed by atoms with E-state index in [1.165, 1.54) is 0 Å². The third kappa shape index (κ3) is 3.27. The number of benzene rings is 2. The van der Waals surface area contributed by atoms with Gasteiger partial charge in [0, 0.05) is 41.2 Å². The summed E-state index contributed by atoms with van der Waals surface area (Å²) in [6, 6.07) is 9.26. The smallest absolute Gasteiger partial charge is 0.311 e. The van der Waals surface area contributed by atoms with E-state index in [2.05, 4.69) is 13.8 Å². The Morgan fingerprint density at radius 1 is 1.19 bits per heavy atom. The van der Waals surface area contributed by atoms with Gasteiger partial charge in [-0.05, 0) is 48.7 Å². The van der Waals surface area contributed by atoms with Gasteiger partial charge < -0.3 is 18.8 Å². The average molecular weight is 431 g/mol. The summed E-state index contributed by atoms with van der Waals surface area (Å²) in [5.74, 6) is 1.99. The van der Waals surface area contributed by atoms with Crippen molar-refractivity contribution in [2.75, 3.05) is 7.11 Å². The van der Waals surface area contributed by atoms with Gasteiger partial charge in [-0.2, -0.15) is 0 Å². The molecule has 2 aliphatic heterocycles. The number of hydrogen-bond acceptors (Lipinski definition) is 5. The zero-order chi connectivity index (χ0) is 22.6. The highest BCUT2D eigenvalue weighted by molar-refractivity contribution is 6.15. The summed E-state index contributed by atoms with van der Waals surface area (Å²) in [5, 5.41) is 0.973. The van der Waals surface area contributed by atoms with E-state index >= 15 is 0 Å². The number of aryl methyl sites for hydroxylation is 1. The van der Waals surface area contributed by atoms with Gasteiger partial charge in [0.15, 0.2) is 5.76 Å². The van der Waals surface area contributed by atoms with Crippen LogP contribution >= 0.6 is 0 Å². The third-order valence-electron chi connectivity index (χ3n) is 6.15. The van der Waals surface area contributed by atoms with Crippen molar-refractivity contribution in [2.24, 2.45) is 13.0 Å². The molecular weight excluding hydrogens is 406 g/mol. The molecule has 1 unspecified atom stereocenters. The number of esters is 1. The molecule has 2 aromatic carbocycles. The van der Waals surface area contributed by atoms with E-state index in [9.17, 15) is 9.59 Å². The minimum Gasteiger partial charge on any atom is -0.497 e. The molecular formula is C26H25NO5. The lowest BCUT2D eigenvalue weighted by Crippen LogP contribution is -2.21. The van der Waals surface area contributed by atoms with Crippen molar-refractivity contribution in [2.45, 2.75) is 32.6 Å². The summed E-state index contributed by atoms with van der Waals surface area (Å²) in [4.78, 5) is 25.3. The number of hydrogen-bond donors (Lipinski definition) is 0. The van der Waals surface area contributed by atoms with Gasteiger partial charge >= 0.3 is 5.97 Å². The summed E-state index contributed by atoms with van der Waals surface area (Å²) < 4.78 is 19.0. The van der Waals surface area contributed by atoms with Gasteiger partial charge in [0.1, 0.15) is 17.2 Å². The van der Waals surface area contributed by atoms with Gasteiger partial charge in [-0.1, -0.05) is 13.8 Å². The van der Waals surface area contributed by atoms with E-state index < -0.39 is 0 Å². The molecule has 5 rings (SSSR count). The summed E-state index contributed by atoms with van der Waals surface area (Å²) in [6.07, 6.45) is 4.86. The predicted octanol–water partition coefficient (Wildman–Crippen LogP) is 5.24. The van der Waals surface area contributed by atoms with Crippen LogP contribution in [0.5, 0.6) is 17.2 Å². The number of nitrogens with zero attached hydrogens (tertiary/aromatic N) is 1. The molecule has 0 aliphatic carbocycles. The highest BCUT2D eigenvalue weighted by Gasteiger charge is 2.38. The van der Waals surface area contributed by atoms with Crippen LogP contribution in [0.2, 0.25) is 0 Å². The highest BCUT2D eigenvalue weighted by atomic mass is 16.5. The van der Waals surface area contributed by atoms with Crippen molar-refractivity contribution < 1.29 is 23.8 Å². The number of carbonyl (C=O) groups is 2. The second kappa shape index (κ2) is 7.55. The number of Topliss-reactive ketones (excluding diaryl/α,β-unsaturated/α-hetero) is 1. The van der Waals surface area contributed by atoms with Gasteiger partial charge in [-0.15, -0.1) is 0 Å². The van der Waals surface area contributed by atoms with E-state index in [1.54, 1.807) is 25.3 Å². The third-order valence-corrected chi connectivity index (χ3v) is 6.15. The normalized spacial score (nSPS) is 18.7. The Bertz CT molecular complexity index is 1300. The molecule has 1 atom stereocenters. The van der Waals surface area contributed by atoms with Crippen LogP contribution in [-0.2, 0) is 11.8 Å². The lowest BCUT2D eigenvalue weighted by atomic mass is 9.84. The van der Waals surface area contributed by atoms with E-state index in [0.29, 0.717) is 29.4 Å². The largest absolute Gasteiger partial charge is 0.497 e. The molecule has 164 valence electrons. The quantitative estimate of drug-likeness (QED) is 0.321. The SMILES string of the molecule is COc1ccc2c(c1)c(C=C1Oc3c(ccc4c3C(CC(C)C)CC(=O)O4)C1=O)cn2C. The zero-order valence-corrected chi connectivity index (χ0v) is 18.6. The Balaban J connectivity index is 1.59. The maximum Gasteiger partial charge on any atom is 0.311 e. The van der Waals surface area contributed by atoms with Crippen molar-refractivity contribution in [1.82, 2.24) is 4.57 Å². The summed E-state index contributed by atoms with van der Waals surface area (Å²) in [5.41, 5.74) is 3.24. The Hall–Kier alpha value is -3.54. The van der Waals surface area contributed by atoms with Crippen molar-refractivity contribution in [3.8, 4) is 17.2 Å². The molecule has 0 spiro atoms. The van der Waals surface area contributed by atoms with Gasteiger partial charge in [0.25, 0.3) is 0 Å². The molecule has 2 aliphatic rings. The van der Waals surface area contributed by atoms with Crippen molar-refractivity contribution in [3.63, 3.8) is 0 Å². The average Bonchev–Trinajstić information content (AvgIpc) is 3.23. The number of aromatic nitrogens is 1. The first-order valence-electron chi connectivity index (χ1n) is 10.8. The fraction of sp³-hybridized carbons (Fsp3) is 0.308. The molecule has 0 saturated heterocycles. The topological polar surface area (TPSA) is 66.8 Å². The number of allylic oxidation sites excluding steroid dienone is 1. The first kappa shape index (κ1) is 20.4. The van der Waals surface area contributed by atoms with Crippen LogP contribution in [-0.4, -0.2) is 23.4 Å². The van der Waals surface area contributed by atoms with Crippen molar-refractivity contribution >= 4 is 28.7 Å². The van der Waals surface area contributed by atoms with Crippen LogP contribution < -0.4 is 14.2 Å². The van der Waals surface area contributed by atoms with Crippen LogP contribution in [0.3, 0.4) is 0 Å². The van der Waals surface area contributed by atoms with Gasteiger partial charge in [0.05, 0.1) is 19.1 Å². The minimum atomic E-state index is -0.243. The standard InChI is InChI=1S/C26H25NO5/c1-14(2)9-15-11-23(28)31-21-8-6-18-25(29)22(32-26(18)24(15)21)10-16-13-27(3)20-7-5-17(30-4)12-19(16)20/h5-8,10,12-15H,9,11H2,1-4H3. The molecule has 0 N–H and O–H groups in total. The fourth-order valence-electron chi connectivity index (χ4n) is 4.75. The van der Waals surface area contributed by atoms with E-state index in [0.717, 1.165) is 34.2 Å². The number of ketones is 1. The molecule has 6 heteroatoms. The first-order valence-corrected chi connectivity index (χ1v) is 10.8. The molecule has 32 heavy (non-hydrogen) atoms. The first-order chi connectivity index (χ1) is 15.4. The second-order valence-electron chi connectivity index (χ2n) is 8.88. The minimum absolute atomic E-state index is 0.0323. The molecule has 0 amide bonds. The van der Waals surface area contributed by atoms with Crippen LogP contribution in [0.1, 0.15) is 54.1 Å². The van der Waals surface area contributed by atoms with Crippen LogP contribution in [0.25, 0.3) is 17.0 Å². The molecule has 3 heterocycles. The lowest BCUT2D eigenvalue weighted by Gasteiger charge is -2.27. The van der Waals surface area contributed by atoms with Crippen LogP contribution in [0.15, 0.2) is 42.3 Å². The van der Waals surface area contributed by atoms with Crippen molar-refractivity contribution in [3.05, 3.63) is 59.0 Å². The van der Waals surface area contributed by atoms with E-state index in [-0.39, 0.29) is 23.4 Å². The van der Waals surface area contributed by atoms with Gasteiger partial charge in [-0.3, -0.25) is 9.59 Å². The molecule has 6 nitrogen and oxygen atoms in total. The Morgan fingerprint density at radius 3 is 2.75 bits per heavy atom. The summed E-state index contributed by atoms with van der Waals surface area (Å²) >= 11 is 0. The monoisotopic (exact) mass is 431 g/mol. The number of ether oxygens (including phenoxy) is 3. The number of carbonyl (C=O) groups excluding carboxylic acids is 2. The molecule has 0 radical (unpaired) electrons. The molecule has 3 aromatic rings. The molecule has 0 bridgehead atoms. The summed E-state index contributed by atoms with van der Waals surface area (Å²) in [7, 11) is 3.59. The second-order valence-corrected chi connectivity index (χ2v) is 8.88. The lowest BCUT2D eigenvalue weighted by molar-refractivity contribution is -0.136. The van der Waals surface area contributed by atoms with Gasteiger partial charge in [0.2, 0.25) is 5.78 Å². The molecule has 1 aromatic heterocycles. The van der Waals surface area contributed by atoms with Crippen molar-refractivity contribution in [1.29, 1.82) is 0 Å². The van der Waals surface area contributed by atoms with Crippen LogP contribution in [0, 0.1) is 5.92 Å². The van der Waals surface area contributed by atoms with E-state index in [1.807, 2.05) is 36.0 Å². The predicted molar refractivity (Wildman–Crippen MR) is 121 cm³/mol. The maximum absolute atomic E-state index is 13.2. The van der Waals surface area contributed by atoms with Crippen LogP contribution in [0.4, 0.5) is 0 Å². The fourth-order valence-corrected chi connectivity index (χ4v) is 4.75. The maximum atomic E-state index is 13.2. The van der Waals surface area contributed by atoms with E-state index in [4.69, 9.17) is 14.2 Å². The number of rotatable bonds is 4. The molecule has 0 fully saturated rings. The Morgan fingerprint density at radius 2 is 2.00 bits per heavy atom. The Labute approximate surface area is 186 Å². The Kier molecular flexibility index (Phi) is 4.81. The zero-order valence-electron chi connectivity index (χ0n) is 18.6. The molecule has 0 saturated carbocycles. The number of methoxy groups -OCH3 is 1. The number of fused-ring (bicyclic) bond motifs is 4. The highest BCUT2D eigenvalue weighted by Crippen LogP contribution is 2.48. The van der Waals surface area contributed by atoms with Gasteiger partial charge in [-0.25, -0.2) is 0 Å². The summed E-state index contributed by atoms with van der Waals surface area (Å²) in [6.45, 7) is 4.24.